The predicted molar refractivity (Wildman–Crippen MR) is 220 cm³/mol. The zero-order valence-corrected chi connectivity index (χ0v) is 35.1. The molecule has 0 aliphatic carbocycles. The first kappa shape index (κ1) is 41.6. The van der Waals surface area contributed by atoms with Crippen LogP contribution in [0.4, 0.5) is 0 Å². The number of nitrogens with one attached hydrogen (secondary N) is 4. The molecular weight excluding hydrogens is 689 g/mol. The second-order valence-electron chi connectivity index (χ2n) is 17.6. The van der Waals surface area contributed by atoms with Crippen LogP contribution in [0.1, 0.15) is 188 Å². The summed E-state index contributed by atoms with van der Waals surface area (Å²) in [5.41, 5.74) is 3.36. The minimum Gasteiger partial charge on any atom is -0.462 e. The number of hydrogen-bond donors (Lipinski definition) is 4. The van der Waals surface area contributed by atoms with Crippen molar-refractivity contribution in [2.24, 2.45) is 0 Å². The highest BCUT2D eigenvalue weighted by Crippen LogP contribution is 2.36. The molecule has 0 spiro atoms. The molecule has 0 aromatic carbocycles. The summed E-state index contributed by atoms with van der Waals surface area (Å²) in [4.78, 5) is 26.9. The Labute approximate surface area is 332 Å². The fourth-order valence-electron chi connectivity index (χ4n) is 10.5. The molecule has 6 aliphatic heterocycles. The molecule has 10 nitrogen and oxygen atoms in total. The lowest BCUT2D eigenvalue weighted by molar-refractivity contribution is -0.581. The lowest BCUT2D eigenvalue weighted by Gasteiger charge is -2.33. The maximum atomic E-state index is 13.4. The Morgan fingerprint density at radius 1 is 0.545 bits per heavy atom. The van der Waals surface area contributed by atoms with E-state index in [1.165, 1.54) is 109 Å². The molecule has 0 bridgehead atoms. The molecule has 308 valence electrons. The van der Waals surface area contributed by atoms with E-state index in [-0.39, 0.29) is 24.0 Å². The van der Waals surface area contributed by atoms with Crippen molar-refractivity contribution in [2.75, 3.05) is 13.2 Å². The lowest BCUT2D eigenvalue weighted by atomic mass is 9.97. The van der Waals surface area contributed by atoms with E-state index < -0.39 is 0 Å². The van der Waals surface area contributed by atoms with Crippen LogP contribution in [0.3, 0.4) is 0 Å². The molecule has 0 radical (unpaired) electrons. The van der Waals surface area contributed by atoms with Crippen molar-refractivity contribution in [1.29, 1.82) is 0 Å². The summed E-state index contributed by atoms with van der Waals surface area (Å²) in [6, 6.07) is 2.09. The number of allylic oxidation sites excluding steroid dienone is 2. The van der Waals surface area contributed by atoms with E-state index in [0.29, 0.717) is 50.2 Å². The smallest absolute Gasteiger partial charge is 0.351 e. The average Bonchev–Trinajstić information content (AvgIpc) is 3.79. The third kappa shape index (κ3) is 10.7. The highest BCUT2D eigenvalue weighted by atomic mass is 16.5. The maximum absolute atomic E-state index is 13.4. The van der Waals surface area contributed by atoms with Crippen molar-refractivity contribution in [3.8, 4) is 0 Å². The van der Waals surface area contributed by atoms with Gasteiger partial charge in [0.1, 0.15) is 23.2 Å². The molecule has 6 atom stereocenters. The molecule has 2 fully saturated rings. The van der Waals surface area contributed by atoms with Crippen LogP contribution in [0.2, 0.25) is 0 Å². The number of carbonyl (C=O) groups is 2. The van der Waals surface area contributed by atoms with Gasteiger partial charge in [-0.05, 0) is 65.2 Å². The summed E-state index contributed by atoms with van der Waals surface area (Å²) in [6.45, 7) is 9.22. The van der Waals surface area contributed by atoms with Crippen molar-refractivity contribution in [3.63, 3.8) is 0 Å². The van der Waals surface area contributed by atoms with Gasteiger partial charge in [0.2, 0.25) is 0 Å². The predicted octanol–water partition coefficient (Wildman–Crippen LogP) is 7.80. The van der Waals surface area contributed by atoms with E-state index in [1.807, 2.05) is 13.8 Å². The molecule has 0 amide bonds. The largest absolute Gasteiger partial charge is 0.462 e. The van der Waals surface area contributed by atoms with Crippen molar-refractivity contribution in [1.82, 2.24) is 21.3 Å². The van der Waals surface area contributed by atoms with Gasteiger partial charge in [-0.2, -0.15) is 0 Å². The molecule has 55 heavy (non-hydrogen) atoms. The number of unbranched alkanes of at least 4 members (excludes halogenated alkanes) is 14. The zero-order valence-electron chi connectivity index (χ0n) is 35.1. The molecule has 6 aliphatic rings. The van der Waals surface area contributed by atoms with Crippen molar-refractivity contribution in [3.05, 3.63) is 22.5 Å². The first-order valence-electron chi connectivity index (χ1n) is 23.0. The van der Waals surface area contributed by atoms with E-state index in [1.54, 1.807) is 0 Å². The van der Waals surface area contributed by atoms with Gasteiger partial charge in [0.05, 0.1) is 48.8 Å². The second-order valence-corrected chi connectivity index (χ2v) is 17.6. The van der Waals surface area contributed by atoms with Crippen LogP contribution >= 0.6 is 0 Å². The number of esters is 2. The number of rotatable bonds is 24. The average molecular weight is 765 g/mol. The van der Waals surface area contributed by atoms with Crippen LogP contribution in [0.15, 0.2) is 22.5 Å². The Balaban J connectivity index is 0.879. The summed E-state index contributed by atoms with van der Waals surface area (Å²) >= 11 is 0. The van der Waals surface area contributed by atoms with Gasteiger partial charge in [-0.15, -0.1) is 0 Å². The van der Waals surface area contributed by atoms with Crippen LogP contribution in [0.25, 0.3) is 0 Å². The molecule has 0 aromatic rings. The minimum absolute atomic E-state index is 0.0749. The summed E-state index contributed by atoms with van der Waals surface area (Å²) in [5.74, 6) is 1.73. The monoisotopic (exact) mass is 765 g/mol. The summed E-state index contributed by atoms with van der Waals surface area (Å²) in [6.07, 6.45) is 30.4. The SMILES string of the molecule is CCCCCCCCCC[C@H]1C[C@H]2CC[C@H]3C(C(=O)OCCCCOC(=O)C4=C(C)NC5=[N+]6[C@H](CC[C@@H]46)C[C@H](CCCCCCCCC)N5)=C(C)NC(=[N+]23)N1. The maximum Gasteiger partial charge on any atom is 0.351 e. The topological polar surface area (TPSA) is 107 Å². The van der Waals surface area contributed by atoms with E-state index >= 15 is 0 Å². The summed E-state index contributed by atoms with van der Waals surface area (Å²) < 4.78 is 16.5. The van der Waals surface area contributed by atoms with Crippen LogP contribution in [-0.4, -0.2) is 82.5 Å². The van der Waals surface area contributed by atoms with Crippen LogP contribution in [-0.2, 0) is 19.1 Å². The van der Waals surface area contributed by atoms with Gasteiger partial charge in [-0.3, -0.25) is 19.8 Å². The molecular formula is C45H76N6O4+2. The van der Waals surface area contributed by atoms with Gasteiger partial charge in [0.15, 0.2) is 0 Å². The lowest BCUT2D eigenvalue weighted by Crippen LogP contribution is -2.59. The third-order valence-corrected chi connectivity index (χ3v) is 13.4. The van der Waals surface area contributed by atoms with Gasteiger partial charge < -0.3 is 9.47 Å². The Hall–Kier alpha value is -3.04. The Morgan fingerprint density at radius 3 is 1.33 bits per heavy atom. The fourth-order valence-corrected chi connectivity index (χ4v) is 10.5. The molecule has 0 unspecified atom stereocenters. The Kier molecular flexibility index (Phi) is 15.8. The van der Waals surface area contributed by atoms with Crippen molar-refractivity contribution < 1.29 is 28.2 Å². The van der Waals surface area contributed by atoms with Gasteiger partial charge in [-0.25, -0.2) is 20.2 Å². The molecule has 0 aromatic heterocycles. The molecule has 2 saturated heterocycles. The molecule has 6 heterocycles. The van der Waals surface area contributed by atoms with Crippen LogP contribution < -0.4 is 21.3 Å². The van der Waals surface area contributed by atoms with E-state index in [0.717, 1.165) is 73.0 Å². The van der Waals surface area contributed by atoms with E-state index in [9.17, 15) is 9.59 Å². The van der Waals surface area contributed by atoms with Gasteiger partial charge in [0, 0.05) is 12.8 Å². The van der Waals surface area contributed by atoms with Gasteiger partial charge in [0.25, 0.3) is 0 Å². The van der Waals surface area contributed by atoms with E-state index in [4.69, 9.17) is 9.47 Å². The van der Waals surface area contributed by atoms with Crippen molar-refractivity contribution >= 4 is 23.9 Å². The second kappa shape index (κ2) is 20.9. The molecule has 6 rings (SSSR count). The summed E-state index contributed by atoms with van der Waals surface area (Å²) in [5, 5.41) is 14.7. The molecule has 4 N–H and O–H groups in total. The Bertz CT molecular complexity index is 1450. The highest BCUT2D eigenvalue weighted by molar-refractivity contribution is 5.94. The number of ether oxygens (including phenoxy) is 2. The molecule has 10 heteroatoms. The standard InChI is InChI=1S/C45H74N6O4/c1-5-7-9-11-13-15-17-19-23-35-31-37-25-27-39-41(33(4)47-45(49-35)51(37)39)43(53)55-29-21-20-28-54-42(52)40-32(3)46-44-48-34(22-18-16-14-12-10-8-6-2)30-36-24-26-38(40)50(36)44/h34-39H,5-31H2,1-4H3,(H2,46,47,48,49,52,53)/p+2/t34-,35-,36+,37+,38-,39-/m0/s1. The van der Waals surface area contributed by atoms with Gasteiger partial charge >= 0.3 is 23.9 Å². The first-order chi connectivity index (χ1) is 26.9. The summed E-state index contributed by atoms with van der Waals surface area (Å²) in [7, 11) is 0. The molecule has 0 saturated carbocycles. The normalized spacial score (nSPS) is 26.6. The number of nitrogens with zero attached hydrogens (tertiary/aromatic N) is 2. The van der Waals surface area contributed by atoms with Crippen LogP contribution in [0.5, 0.6) is 0 Å². The van der Waals surface area contributed by atoms with Crippen LogP contribution in [0, 0.1) is 0 Å². The van der Waals surface area contributed by atoms with Gasteiger partial charge in [-0.1, -0.05) is 110 Å². The number of carbonyl (C=O) groups excluding carboxylic acids is 2. The number of hydrogen-bond acceptors (Lipinski definition) is 8. The number of guanidine groups is 2. The highest BCUT2D eigenvalue weighted by Gasteiger charge is 2.49. The van der Waals surface area contributed by atoms with E-state index in [2.05, 4.69) is 44.3 Å². The minimum atomic E-state index is -0.219. The Morgan fingerprint density at radius 2 is 0.927 bits per heavy atom. The fraction of sp³-hybridized carbons (Fsp3) is 0.822. The van der Waals surface area contributed by atoms with Crippen molar-refractivity contribution in [2.45, 2.75) is 224 Å². The zero-order chi connectivity index (χ0) is 38.6. The first-order valence-corrected chi connectivity index (χ1v) is 23.0. The quantitative estimate of drug-likeness (QED) is 0.0449. The third-order valence-electron chi connectivity index (χ3n) is 13.4.